The number of aromatic nitrogens is 2. The molecule has 1 saturated heterocycles. The van der Waals surface area contributed by atoms with E-state index in [9.17, 15) is 4.79 Å². The average Bonchev–Trinajstić information content (AvgIpc) is 2.59. The van der Waals surface area contributed by atoms with Crippen LogP contribution in [0.3, 0.4) is 0 Å². The van der Waals surface area contributed by atoms with Crippen molar-refractivity contribution in [1.82, 2.24) is 9.97 Å². The maximum absolute atomic E-state index is 11.1. The van der Waals surface area contributed by atoms with Gasteiger partial charge in [-0.05, 0) is 38.2 Å². The lowest BCUT2D eigenvalue weighted by molar-refractivity contribution is -0.142. The molecule has 0 radical (unpaired) electrons. The van der Waals surface area contributed by atoms with Crippen molar-refractivity contribution in [3.8, 4) is 0 Å². The van der Waals surface area contributed by atoms with Gasteiger partial charge in [-0.25, -0.2) is 9.97 Å². The number of thiophene rings is 1. The number of hydrogen-bond acceptors (Lipinski definition) is 5. The standard InChI is InChI=1S/C16H19N3O2S/c1-9-17-14(19-7-10(8-19)16(20)21)13-11-5-3-2-4-6-12(11)22-15(13)18-9/h10H,2-8H2,1H3,(H,20,21). The van der Waals surface area contributed by atoms with Crippen LogP contribution in [-0.2, 0) is 17.6 Å². The number of carboxylic acids is 1. The summed E-state index contributed by atoms with van der Waals surface area (Å²) < 4.78 is 0. The van der Waals surface area contributed by atoms with Crippen molar-refractivity contribution in [3.63, 3.8) is 0 Å². The molecule has 116 valence electrons. The molecule has 0 atom stereocenters. The molecule has 0 spiro atoms. The van der Waals surface area contributed by atoms with E-state index in [-0.39, 0.29) is 5.92 Å². The molecule has 0 saturated carbocycles. The third-order valence-corrected chi connectivity index (χ3v) is 5.87. The van der Waals surface area contributed by atoms with Crippen LogP contribution in [0.5, 0.6) is 0 Å². The monoisotopic (exact) mass is 317 g/mol. The fourth-order valence-electron chi connectivity index (χ4n) is 3.46. The number of aryl methyl sites for hydroxylation is 3. The van der Waals surface area contributed by atoms with Crippen LogP contribution >= 0.6 is 11.3 Å². The predicted octanol–water partition coefficient (Wildman–Crippen LogP) is 2.79. The Kier molecular flexibility index (Phi) is 3.29. The van der Waals surface area contributed by atoms with Crippen molar-refractivity contribution < 1.29 is 9.90 Å². The van der Waals surface area contributed by atoms with Crippen LogP contribution < -0.4 is 4.90 Å². The summed E-state index contributed by atoms with van der Waals surface area (Å²) in [7, 11) is 0. The van der Waals surface area contributed by atoms with Crippen LogP contribution in [0.15, 0.2) is 0 Å². The lowest BCUT2D eigenvalue weighted by Crippen LogP contribution is -2.51. The van der Waals surface area contributed by atoms with Gasteiger partial charge >= 0.3 is 5.97 Å². The Morgan fingerprint density at radius 1 is 1.23 bits per heavy atom. The van der Waals surface area contributed by atoms with Crippen molar-refractivity contribution in [2.75, 3.05) is 18.0 Å². The zero-order valence-electron chi connectivity index (χ0n) is 12.6. The van der Waals surface area contributed by atoms with Crippen LogP contribution in [0.25, 0.3) is 10.2 Å². The maximum Gasteiger partial charge on any atom is 0.310 e. The zero-order chi connectivity index (χ0) is 15.3. The van der Waals surface area contributed by atoms with E-state index in [2.05, 4.69) is 14.9 Å². The number of aliphatic carboxylic acids is 1. The quantitative estimate of drug-likeness (QED) is 0.863. The first-order chi connectivity index (χ1) is 10.6. The summed E-state index contributed by atoms with van der Waals surface area (Å²) in [6, 6.07) is 0. The summed E-state index contributed by atoms with van der Waals surface area (Å²) in [6.45, 7) is 3.04. The number of hydrogen-bond donors (Lipinski definition) is 1. The lowest BCUT2D eigenvalue weighted by atomic mass is 9.99. The van der Waals surface area contributed by atoms with E-state index < -0.39 is 5.97 Å². The highest BCUT2D eigenvalue weighted by Gasteiger charge is 2.35. The van der Waals surface area contributed by atoms with Gasteiger partial charge in [0.2, 0.25) is 0 Å². The fraction of sp³-hybridized carbons (Fsp3) is 0.562. The molecule has 0 bridgehead atoms. The highest BCUT2D eigenvalue weighted by Crippen LogP contribution is 2.40. The van der Waals surface area contributed by atoms with Gasteiger partial charge in [0.05, 0.1) is 11.3 Å². The molecule has 5 nitrogen and oxygen atoms in total. The summed E-state index contributed by atoms with van der Waals surface area (Å²) in [5.41, 5.74) is 1.42. The molecule has 3 heterocycles. The van der Waals surface area contributed by atoms with E-state index in [1.165, 1.54) is 35.1 Å². The summed E-state index contributed by atoms with van der Waals surface area (Å²) in [6.07, 6.45) is 6.02. The minimum absolute atomic E-state index is 0.262. The van der Waals surface area contributed by atoms with Gasteiger partial charge in [-0.15, -0.1) is 11.3 Å². The molecule has 0 unspecified atom stereocenters. The first-order valence-corrected chi connectivity index (χ1v) is 8.72. The molecule has 4 rings (SSSR count). The van der Waals surface area contributed by atoms with Gasteiger partial charge in [0.25, 0.3) is 0 Å². The van der Waals surface area contributed by atoms with E-state index in [1.807, 2.05) is 6.92 Å². The molecule has 1 aliphatic carbocycles. The van der Waals surface area contributed by atoms with Gasteiger partial charge in [-0.3, -0.25) is 4.79 Å². The topological polar surface area (TPSA) is 66.3 Å². The Balaban J connectivity index is 1.80. The summed E-state index contributed by atoms with van der Waals surface area (Å²) >= 11 is 1.81. The first-order valence-electron chi connectivity index (χ1n) is 7.90. The van der Waals surface area contributed by atoms with Gasteiger partial charge in [-0.1, -0.05) is 6.42 Å². The Bertz CT molecular complexity index is 749. The van der Waals surface area contributed by atoms with E-state index in [4.69, 9.17) is 5.11 Å². The third kappa shape index (κ3) is 2.17. The van der Waals surface area contributed by atoms with Gasteiger partial charge in [0.1, 0.15) is 16.5 Å². The Hall–Kier alpha value is -1.69. The van der Waals surface area contributed by atoms with Crippen molar-refractivity contribution >= 4 is 33.3 Å². The molecule has 6 heteroatoms. The maximum atomic E-state index is 11.1. The second-order valence-electron chi connectivity index (χ2n) is 6.28. The number of anilines is 1. The molecule has 1 fully saturated rings. The number of fused-ring (bicyclic) bond motifs is 3. The molecular weight excluding hydrogens is 298 g/mol. The molecule has 1 aliphatic heterocycles. The SMILES string of the molecule is Cc1nc(N2CC(C(=O)O)C2)c2c3c(sc2n1)CCCCC3. The number of carboxylic acid groups (broad SMARTS) is 1. The lowest BCUT2D eigenvalue weighted by Gasteiger charge is -2.38. The Morgan fingerprint density at radius 3 is 2.77 bits per heavy atom. The van der Waals surface area contributed by atoms with Gasteiger partial charge in [0.15, 0.2) is 0 Å². The van der Waals surface area contributed by atoms with Gasteiger partial charge in [0, 0.05) is 18.0 Å². The van der Waals surface area contributed by atoms with Crippen molar-refractivity contribution in [2.45, 2.75) is 39.0 Å². The highest BCUT2D eigenvalue weighted by atomic mass is 32.1. The minimum atomic E-state index is -0.706. The first kappa shape index (κ1) is 13.9. The van der Waals surface area contributed by atoms with Crippen LogP contribution in [0.1, 0.15) is 35.5 Å². The second-order valence-corrected chi connectivity index (χ2v) is 7.36. The third-order valence-electron chi connectivity index (χ3n) is 4.69. The molecular formula is C16H19N3O2S. The molecule has 0 aromatic carbocycles. The molecule has 2 aromatic heterocycles. The smallest absolute Gasteiger partial charge is 0.310 e. The molecule has 1 N–H and O–H groups in total. The van der Waals surface area contributed by atoms with E-state index in [0.29, 0.717) is 13.1 Å². The van der Waals surface area contributed by atoms with Crippen LogP contribution in [0.4, 0.5) is 5.82 Å². The van der Waals surface area contributed by atoms with Gasteiger partial charge < -0.3 is 10.0 Å². The molecule has 2 aliphatic rings. The Labute approximate surface area is 133 Å². The minimum Gasteiger partial charge on any atom is -0.481 e. The average molecular weight is 317 g/mol. The Morgan fingerprint density at radius 2 is 2.00 bits per heavy atom. The fourth-order valence-corrected chi connectivity index (χ4v) is 4.76. The van der Waals surface area contributed by atoms with Crippen molar-refractivity contribution in [3.05, 3.63) is 16.3 Å². The molecule has 22 heavy (non-hydrogen) atoms. The zero-order valence-corrected chi connectivity index (χ0v) is 13.4. The number of rotatable bonds is 2. The molecule has 2 aromatic rings. The predicted molar refractivity (Wildman–Crippen MR) is 86.7 cm³/mol. The van der Waals surface area contributed by atoms with Crippen molar-refractivity contribution in [1.29, 1.82) is 0 Å². The van der Waals surface area contributed by atoms with E-state index >= 15 is 0 Å². The highest BCUT2D eigenvalue weighted by molar-refractivity contribution is 7.19. The summed E-state index contributed by atoms with van der Waals surface area (Å²) in [5, 5.41) is 10.3. The van der Waals surface area contributed by atoms with Crippen LogP contribution in [0.2, 0.25) is 0 Å². The number of nitrogens with zero attached hydrogens (tertiary/aromatic N) is 3. The normalized spacial score (nSPS) is 18.9. The van der Waals surface area contributed by atoms with Crippen molar-refractivity contribution in [2.24, 2.45) is 5.92 Å². The van der Waals surface area contributed by atoms with Gasteiger partial charge in [-0.2, -0.15) is 0 Å². The number of carbonyl (C=O) groups is 1. The molecule has 0 amide bonds. The van der Waals surface area contributed by atoms with E-state index in [1.54, 1.807) is 11.3 Å². The van der Waals surface area contributed by atoms with Crippen LogP contribution in [0, 0.1) is 12.8 Å². The summed E-state index contributed by atoms with van der Waals surface area (Å²) in [5.74, 6) is 0.766. The largest absolute Gasteiger partial charge is 0.481 e. The summed E-state index contributed by atoms with van der Waals surface area (Å²) in [4.78, 5) is 25.0. The van der Waals surface area contributed by atoms with E-state index in [0.717, 1.165) is 29.3 Å². The second kappa shape index (κ2) is 5.19. The van der Waals surface area contributed by atoms with Crippen LogP contribution in [-0.4, -0.2) is 34.1 Å².